The lowest BCUT2D eigenvalue weighted by Crippen LogP contribution is -2.36. The first-order valence-electron chi connectivity index (χ1n) is 10.3. The van der Waals surface area contributed by atoms with Crippen LogP contribution in [0.1, 0.15) is 47.8 Å². The van der Waals surface area contributed by atoms with Crippen LogP contribution in [0.3, 0.4) is 0 Å². The summed E-state index contributed by atoms with van der Waals surface area (Å²) < 4.78 is 38.0. The lowest BCUT2D eigenvalue weighted by atomic mass is 10.1. The molecule has 0 fully saturated rings. The zero-order valence-corrected chi connectivity index (χ0v) is 20.8. The first kappa shape index (κ1) is 27.7. The number of rotatable bonds is 8. The van der Waals surface area contributed by atoms with Crippen molar-refractivity contribution in [2.75, 3.05) is 19.6 Å². The minimum Gasteiger partial charge on any atom is -0.357 e. The van der Waals surface area contributed by atoms with E-state index in [1.165, 1.54) is 12.1 Å². The number of nitrogens with one attached hydrogen (secondary N) is 2. The molecule has 0 atom stereocenters. The maximum atomic E-state index is 12.7. The van der Waals surface area contributed by atoms with Crippen molar-refractivity contribution in [2.24, 2.45) is 4.99 Å². The average Bonchev–Trinajstić information content (AvgIpc) is 2.76. The van der Waals surface area contributed by atoms with Crippen LogP contribution >= 0.6 is 24.0 Å². The van der Waals surface area contributed by atoms with Crippen LogP contribution in [-0.4, -0.2) is 36.4 Å². The van der Waals surface area contributed by atoms with Crippen LogP contribution in [-0.2, 0) is 19.3 Å². The molecule has 0 radical (unpaired) electrons. The highest BCUT2D eigenvalue weighted by atomic mass is 127. The molecule has 32 heavy (non-hydrogen) atoms. The predicted octanol–water partition coefficient (Wildman–Crippen LogP) is 5.06. The van der Waals surface area contributed by atoms with Gasteiger partial charge in [-0.3, -0.25) is 4.79 Å². The highest BCUT2D eigenvalue weighted by molar-refractivity contribution is 14.0. The summed E-state index contributed by atoms with van der Waals surface area (Å²) in [5, 5.41) is 6.24. The smallest absolute Gasteiger partial charge is 0.357 e. The molecule has 0 unspecified atom stereocenters. The van der Waals surface area contributed by atoms with E-state index in [0.29, 0.717) is 44.2 Å². The molecule has 0 spiro atoms. The van der Waals surface area contributed by atoms with Crippen molar-refractivity contribution in [1.82, 2.24) is 15.5 Å². The number of amides is 1. The monoisotopic (exact) mass is 562 g/mol. The van der Waals surface area contributed by atoms with Gasteiger partial charge >= 0.3 is 6.18 Å². The molecule has 1 amide bonds. The fourth-order valence-electron chi connectivity index (χ4n) is 2.96. The predicted molar refractivity (Wildman–Crippen MR) is 132 cm³/mol. The van der Waals surface area contributed by atoms with Gasteiger partial charge in [-0.25, -0.2) is 4.99 Å². The van der Waals surface area contributed by atoms with Crippen molar-refractivity contribution in [2.45, 2.75) is 40.0 Å². The molecule has 0 aliphatic heterocycles. The molecule has 0 aromatic heterocycles. The van der Waals surface area contributed by atoms with Crippen LogP contribution in [0.4, 0.5) is 13.2 Å². The van der Waals surface area contributed by atoms with Crippen LogP contribution in [0, 0.1) is 0 Å². The third kappa shape index (κ3) is 8.33. The fourth-order valence-corrected chi connectivity index (χ4v) is 2.96. The van der Waals surface area contributed by atoms with Crippen molar-refractivity contribution in [3.63, 3.8) is 0 Å². The molecule has 0 bridgehead atoms. The quantitative estimate of drug-likeness (QED) is 0.269. The topological polar surface area (TPSA) is 56.7 Å². The molecular weight excluding hydrogens is 532 g/mol. The molecular formula is C23H30F3IN4O. The van der Waals surface area contributed by atoms with Crippen LogP contribution in [0.15, 0.2) is 53.5 Å². The summed E-state index contributed by atoms with van der Waals surface area (Å²) in [5.41, 5.74) is 1.64. The lowest BCUT2D eigenvalue weighted by molar-refractivity contribution is -0.137. The maximum Gasteiger partial charge on any atom is 0.416 e. The number of carbonyl (C=O) groups is 1. The minimum absolute atomic E-state index is 0. The Balaban J connectivity index is 0.00000512. The highest BCUT2D eigenvalue weighted by Gasteiger charge is 2.29. The molecule has 0 aliphatic rings. The molecule has 5 nitrogen and oxygen atoms in total. The third-order valence-corrected chi connectivity index (χ3v) is 4.76. The number of nitrogens with zero attached hydrogens (tertiary/aromatic N) is 2. The number of hydrogen-bond acceptors (Lipinski definition) is 2. The van der Waals surface area contributed by atoms with Gasteiger partial charge in [0, 0.05) is 31.7 Å². The molecule has 9 heteroatoms. The third-order valence-electron chi connectivity index (χ3n) is 4.76. The van der Waals surface area contributed by atoms with E-state index in [4.69, 9.17) is 0 Å². The molecule has 0 saturated heterocycles. The van der Waals surface area contributed by atoms with Gasteiger partial charge in [-0.1, -0.05) is 24.3 Å². The normalized spacial score (nSPS) is 11.5. The largest absolute Gasteiger partial charge is 0.416 e. The number of benzene rings is 2. The SMILES string of the molecule is CCNC(=NCc1ccc(C(=O)N(CC)CC)cc1)NCc1ccc(C(F)(F)F)cc1.I. The molecule has 2 aromatic rings. The number of halogens is 4. The number of guanidine groups is 1. The van der Waals surface area contributed by atoms with Crippen molar-refractivity contribution in [3.8, 4) is 0 Å². The Morgan fingerprint density at radius 2 is 1.47 bits per heavy atom. The zero-order valence-electron chi connectivity index (χ0n) is 18.5. The Morgan fingerprint density at radius 1 is 0.906 bits per heavy atom. The first-order chi connectivity index (χ1) is 14.8. The van der Waals surface area contributed by atoms with E-state index in [0.717, 1.165) is 23.3 Å². The van der Waals surface area contributed by atoms with E-state index in [1.54, 1.807) is 17.0 Å². The molecule has 2 rings (SSSR count). The second-order valence-electron chi connectivity index (χ2n) is 6.92. The Hall–Kier alpha value is -2.30. The molecule has 2 N–H and O–H groups in total. The summed E-state index contributed by atoms with van der Waals surface area (Å²) in [7, 11) is 0. The highest BCUT2D eigenvalue weighted by Crippen LogP contribution is 2.29. The summed E-state index contributed by atoms with van der Waals surface area (Å²) >= 11 is 0. The number of hydrogen-bond donors (Lipinski definition) is 2. The standard InChI is InChI=1S/C23H29F3N4O.HI/c1-4-27-22(29-16-18-9-13-20(14-10-18)23(24,25)26)28-15-17-7-11-19(12-8-17)21(31)30(5-2)6-3;/h7-14H,4-6,15-16H2,1-3H3,(H2,27,28,29);1H. The van der Waals surface area contributed by atoms with Crippen molar-refractivity contribution >= 4 is 35.8 Å². The summed E-state index contributed by atoms with van der Waals surface area (Å²) in [6.07, 6.45) is -4.34. The van der Waals surface area contributed by atoms with Gasteiger partial charge in [-0.05, 0) is 56.2 Å². The minimum atomic E-state index is -4.34. The number of alkyl halides is 3. The van der Waals surface area contributed by atoms with Gasteiger partial charge in [-0.15, -0.1) is 24.0 Å². The zero-order chi connectivity index (χ0) is 22.9. The average molecular weight is 562 g/mol. The van der Waals surface area contributed by atoms with E-state index in [1.807, 2.05) is 32.9 Å². The number of carbonyl (C=O) groups excluding carboxylic acids is 1. The van der Waals surface area contributed by atoms with E-state index < -0.39 is 11.7 Å². The van der Waals surface area contributed by atoms with E-state index in [9.17, 15) is 18.0 Å². The molecule has 2 aromatic carbocycles. The Labute approximate surface area is 204 Å². The van der Waals surface area contributed by atoms with Gasteiger partial charge in [0.25, 0.3) is 5.91 Å². The van der Waals surface area contributed by atoms with Crippen LogP contribution in [0.2, 0.25) is 0 Å². The van der Waals surface area contributed by atoms with Gasteiger partial charge in [0.2, 0.25) is 0 Å². The van der Waals surface area contributed by atoms with Gasteiger partial charge < -0.3 is 15.5 Å². The summed E-state index contributed by atoms with van der Waals surface area (Å²) in [6, 6.07) is 12.4. The van der Waals surface area contributed by atoms with Crippen LogP contribution in [0.5, 0.6) is 0 Å². The van der Waals surface area contributed by atoms with E-state index in [2.05, 4.69) is 15.6 Å². The van der Waals surface area contributed by atoms with E-state index in [-0.39, 0.29) is 29.9 Å². The molecule has 176 valence electrons. The maximum absolute atomic E-state index is 12.7. The number of aliphatic imine (C=N–C) groups is 1. The van der Waals surface area contributed by atoms with Crippen LogP contribution < -0.4 is 10.6 Å². The Bertz CT molecular complexity index is 864. The summed E-state index contributed by atoms with van der Waals surface area (Å²) in [6.45, 7) is 8.56. The fraction of sp³-hybridized carbons (Fsp3) is 0.391. The molecule has 0 saturated carbocycles. The summed E-state index contributed by atoms with van der Waals surface area (Å²) in [4.78, 5) is 18.7. The second-order valence-corrected chi connectivity index (χ2v) is 6.92. The Kier molecular flexibility index (Phi) is 11.5. The first-order valence-corrected chi connectivity index (χ1v) is 10.3. The van der Waals surface area contributed by atoms with Gasteiger partial charge in [0.05, 0.1) is 12.1 Å². The van der Waals surface area contributed by atoms with Crippen molar-refractivity contribution < 1.29 is 18.0 Å². The summed E-state index contributed by atoms with van der Waals surface area (Å²) in [5.74, 6) is 0.567. The van der Waals surface area contributed by atoms with Gasteiger partial charge in [0.15, 0.2) is 5.96 Å². The van der Waals surface area contributed by atoms with Gasteiger partial charge in [0.1, 0.15) is 0 Å². The van der Waals surface area contributed by atoms with E-state index >= 15 is 0 Å². The van der Waals surface area contributed by atoms with Crippen molar-refractivity contribution in [3.05, 3.63) is 70.8 Å². The Morgan fingerprint density at radius 3 is 1.97 bits per heavy atom. The lowest BCUT2D eigenvalue weighted by Gasteiger charge is -2.18. The van der Waals surface area contributed by atoms with Gasteiger partial charge in [-0.2, -0.15) is 13.2 Å². The van der Waals surface area contributed by atoms with Crippen molar-refractivity contribution in [1.29, 1.82) is 0 Å². The molecule has 0 heterocycles. The molecule has 0 aliphatic carbocycles. The second kappa shape index (κ2) is 13.3. The van der Waals surface area contributed by atoms with Crippen LogP contribution in [0.25, 0.3) is 0 Å².